The summed E-state index contributed by atoms with van der Waals surface area (Å²) < 4.78 is 0. The Hall–Kier alpha value is -1.61. The Morgan fingerprint density at radius 1 is 0.950 bits per heavy atom. The lowest BCUT2D eigenvalue weighted by atomic mass is 9.99. The lowest BCUT2D eigenvalue weighted by Crippen LogP contribution is -2.55. The van der Waals surface area contributed by atoms with Crippen LogP contribution in [0.25, 0.3) is 10.9 Å². The molecular formula is C17H21N3. The molecule has 20 heavy (non-hydrogen) atoms. The van der Waals surface area contributed by atoms with Gasteiger partial charge in [-0.05, 0) is 37.6 Å². The predicted molar refractivity (Wildman–Crippen MR) is 83.2 cm³/mol. The molecule has 2 aliphatic rings. The molecule has 2 aliphatic heterocycles. The van der Waals surface area contributed by atoms with E-state index in [4.69, 9.17) is 4.98 Å². The third kappa shape index (κ3) is 2.16. The van der Waals surface area contributed by atoms with Gasteiger partial charge in [-0.2, -0.15) is 0 Å². The van der Waals surface area contributed by atoms with Gasteiger partial charge < -0.3 is 4.90 Å². The van der Waals surface area contributed by atoms with Gasteiger partial charge in [0.1, 0.15) is 5.82 Å². The average molecular weight is 267 g/mol. The van der Waals surface area contributed by atoms with Crippen molar-refractivity contribution in [2.45, 2.75) is 25.3 Å². The fourth-order valence-corrected chi connectivity index (χ4v) is 3.60. The van der Waals surface area contributed by atoms with E-state index in [2.05, 4.69) is 46.2 Å². The standard InChI is InChI=1S/C17H21N3/c1-2-7-16-14(5-1)8-9-17(18-16)20-12-11-19-10-4-3-6-15(19)13-20/h1-2,5,7-9,15H,3-4,6,10-13H2. The highest BCUT2D eigenvalue weighted by atomic mass is 15.3. The molecule has 3 heterocycles. The van der Waals surface area contributed by atoms with Gasteiger partial charge in [-0.15, -0.1) is 0 Å². The van der Waals surface area contributed by atoms with Crippen LogP contribution in [-0.4, -0.2) is 42.1 Å². The van der Waals surface area contributed by atoms with Gasteiger partial charge in [0.2, 0.25) is 0 Å². The van der Waals surface area contributed by atoms with Crippen molar-refractivity contribution in [1.29, 1.82) is 0 Å². The summed E-state index contributed by atoms with van der Waals surface area (Å²) in [6, 6.07) is 13.5. The summed E-state index contributed by atoms with van der Waals surface area (Å²) in [7, 11) is 0. The number of fused-ring (bicyclic) bond motifs is 2. The number of rotatable bonds is 1. The summed E-state index contributed by atoms with van der Waals surface area (Å²) >= 11 is 0. The zero-order chi connectivity index (χ0) is 13.4. The molecule has 0 bridgehead atoms. The molecule has 4 rings (SSSR count). The Labute approximate surface area is 120 Å². The van der Waals surface area contributed by atoms with E-state index in [1.54, 1.807) is 0 Å². The molecule has 0 amide bonds. The molecule has 1 atom stereocenters. The van der Waals surface area contributed by atoms with Gasteiger partial charge in [-0.25, -0.2) is 4.98 Å². The van der Waals surface area contributed by atoms with E-state index in [1.807, 2.05) is 0 Å². The Bertz CT molecular complexity index is 610. The molecule has 3 heteroatoms. The number of piperazine rings is 1. The second kappa shape index (κ2) is 5.06. The van der Waals surface area contributed by atoms with Crippen molar-refractivity contribution in [1.82, 2.24) is 9.88 Å². The number of nitrogens with zero attached hydrogens (tertiary/aromatic N) is 3. The fourth-order valence-electron chi connectivity index (χ4n) is 3.60. The molecule has 104 valence electrons. The van der Waals surface area contributed by atoms with Crippen LogP contribution in [0, 0.1) is 0 Å². The summed E-state index contributed by atoms with van der Waals surface area (Å²) in [6.45, 7) is 4.75. The average Bonchev–Trinajstić information content (AvgIpc) is 2.54. The van der Waals surface area contributed by atoms with Crippen LogP contribution in [0.5, 0.6) is 0 Å². The number of anilines is 1. The van der Waals surface area contributed by atoms with Crippen molar-refractivity contribution < 1.29 is 0 Å². The molecule has 0 spiro atoms. The minimum absolute atomic E-state index is 0.741. The first-order chi connectivity index (χ1) is 9.90. The van der Waals surface area contributed by atoms with Crippen molar-refractivity contribution in [3.05, 3.63) is 36.4 Å². The van der Waals surface area contributed by atoms with Crippen LogP contribution < -0.4 is 4.90 Å². The molecule has 2 aromatic rings. The minimum atomic E-state index is 0.741. The summed E-state index contributed by atoms with van der Waals surface area (Å²) in [4.78, 5) is 9.98. The van der Waals surface area contributed by atoms with E-state index in [0.29, 0.717) is 0 Å². The zero-order valence-corrected chi connectivity index (χ0v) is 11.8. The van der Waals surface area contributed by atoms with Gasteiger partial charge in [0, 0.05) is 31.1 Å². The molecule has 2 saturated heterocycles. The van der Waals surface area contributed by atoms with Crippen LogP contribution in [0.4, 0.5) is 5.82 Å². The molecule has 0 N–H and O–H groups in total. The fraction of sp³-hybridized carbons (Fsp3) is 0.471. The van der Waals surface area contributed by atoms with E-state index in [0.717, 1.165) is 30.5 Å². The summed E-state index contributed by atoms with van der Waals surface area (Å²) in [5.74, 6) is 1.15. The largest absolute Gasteiger partial charge is 0.354 e. The first-order valence-electron chi connectivity index (χ1n) is 7.75. The van der Waals surface area contributed by atoms with Gasteiger partial charge >= 0.3 is 0 Å². The van der Waals surface area contributed by atoms with E-state index in [9.17, 15) is 0 Å². The van der Waals surface area contributed by atoms with E-state index in [-0.39, 0.29) is 0 Å². The van der Waals surface area contributed by atoms with Gasteiger partial charge in [-0.3, -0.25) is 4.90 Å². The van der Waals surface area contributed by atoms with E-state index in [1.165, 1.54) is 37.7 Å². The molecular weight excluding hydrogens is 246 g/mol. The number of para-hydroxylation sites is 1. The maximum Gasteiger partial charge on any atom is 0.129 e. The zero-order valence-electron chi connectivity index (χ0n) is 11.8. The highest BCUT2D eigenvalue weighted by molar-refractivity contribution is 5.80. The number of benzene rings is 1. The smallest absolute Gasteiger partial charge is 0.129 e. The molecule has 0 saturated carbocycles. The first-order valence-corrected chi connectivity index (χ1v) is 7.75. The molecule has 1 aromatic carbocycles. The molecule has 3 nitrogen and oxygen atoms in total. The van der Waals surface area contributed by atoms with Crippen LogP contribution in [0.15, 0.2) is 36.4 Å². The molecule has 0 radical (unpaired) electrons. The molecule has 0 aliphatic carbocycles. The third-order valence-corrected chi connectivity index (χ3v) is 4.75. The van der Waals surface area contributed by atoms with Crippen molar-refractivity contribution in [3.8, 4) is 0 Å². The van der Waals surface area contributed by atoms with Gasteiger partial charge in [0.25, 0.3) is 0 Å². The molecule has 1 unspecified atom stereocenters. The third-order valence-electron chi connectivity index (χ3n) is 4.75. The van der Waals surface area contributed by atoms with Crippen molar-refractivity contribution in [2.75, 3.05) is 31.1 Å². The van der Waals surface area contributed by atoms with Crippen molar-refractivity contribution in [2.24, 2.45) is 0 Å². The number of piperidine rings is 1. The molecule has 2 fully saturated rings. The Morgan fingerprint density at radius 2 is 1.90 bits per heavy atom. The maximum atomic E-state index is 4.84. The normalized spacial score (nSPS) is 23.8. The van der Waals surface area contributed by atoms with Crippen LogP contribution in [0.2, 0.25) is 0 Å². The van der Waals surface area contributed by atoms with E-state index < -0.39 is 0 Å². The van der Waals surface area contributed by atoms with Crippen LogP contribution in [0.1, 0.15) is 19.3 Å². The monoisotopic (exact) mass is 267 g/mol. The van der Waals surface area contributed by atoms with E-state index >= 15 is 0 Å². The highest BCUT2D eigenvalue weighted by Crippen LogP contribution is 2.25. The quantitative estimate of drug-likeness (QED) is 0.792. The van der Waals surface area contributed by atoms with Gasteiger partial charge in [0.05, 0.1) is 5.52 Å². The predicted octanol–water partition coefficient (Wildman–Crippen LogP) is 2.91. The number of pyridine rings is 1. The Balaban J connectivity index is 1.59. The summed E-state index contributed by atoms with van der Waals surface area (Å²) in [5, 5.41) is 1.23. The minimum Gasteiger partial charge on any atom is -0.354 e. The van der Waals surface area contributed by atoms with Crippen LogP contribution in [0.3, 0.4) is 0 Å². The SMILES string of the molecule is c1ccc2nc(N3CCN4CCCCC4C3)ccc2c1. The Morgan fingerprint density at radius 3 is 2.90 bits per heavy atom. The van der Waals surface area contributed by atoms with Gasteiger partial charge in [0.15, 0.2) is 0 Å². The number of hydrogen-bond donors (Lipinski definition) is 0. The van der Waals surface area contributed by atoms with Crippen LogP contribution >= 0.6 is 0 Å². The summed E-state index contributed by atoms with van der Waals surface area (Å²) in [5.41, 5.74) is 1.11. The lowest BCUT2D eigenvalue weighted by Gasteiger charge is -2.44. The highest BCUT2D eigenvalue weighted by Gasteiger charge is 2.29. The van der Waals surface area contributed by atoms with Crippen molar-refractivity contribution in [3.63, 3.8) is 0 Å². The van der Waals surface area contributed by atoms with Gasteiger partial charge in [-0.1, -0.05) is 24.6 Å². The first kappa shape index (κ1) is 12.2. The summed E-state index contributed by atoms with van der Waals surface area (Å²) in [6.07, 6.45) is 4.12. The topological polar surface area (TPSA) is 19.4 Å². The van der Waals surface area contributed by atoms with Crippen LogP contribution in [-0.2, 0) is 0 Å². The number of hydrogen-bond acceptors (Lipinski definition) is 3. The van der Waals surface area contributed by atoms with Crippen molar-refractivity contribution >= 4 is 16.7 Å². The maximum absolute atomic E-state index is 4.84. The molecule has 1 aromatic heterocycles. The number of aromatic nitrogens is 1. The second-order valence-corrected chi connectivity index (χ2v) is 5.99. The second-order valence-electron chi connectivity index (χ2n) is 5.99. The Kier molecular flexibility index (Phi) is 3.07. The lowest BCUT2D eigenvalue weighted by molar-refractivity contribution is 0.133.